The Morgan fingerprint density at radius 1 is 1.13 bits per heavy atom. The molecule has 1 aliphatic heterocycles. The molecule has 0 aromatic carbocycles. The van der Waals surface area contributed by atoms with Gasteiger partial charge in [-0.05, 0) is 30.3 Å². The molecule has 0 saturated carbocycles. The van der Waals surface area contributed by atoms with Crippen LogP contribution in [0.2, 0.25) is 0 Å². The van der Waals surface area contributed by atoms with Crippen molar-refractivity contribution >= 4 is 11.5 Å². The molecule has 0 spiro atoms. The quantitative estimate of drug-likeness (QED) is 0.448. The van der Waals surface area contributed by atoms with Gasteiger partial charge in [0.1, 0.15) is 17.4 Å². The van der Waals surface area contributed by atoms with Crippen LogP contribution >= 0.6 is 0 Å². The molecule has 154 valence electrons. The molecule has 0 saturated heterocycles. The van der Waals surface area contributed by atoms with Crippen LogP contribution in [0.3, 0.4) is 0 Å². The Kier molecular flexibility index (Phi) is 3.82. The van der Waals surface area contributed by atoms with Gasteiger partial charge in [0.25, 0.3) is 5.89 Å². The molecule has 1 atom stereocenters. The molecule has 5 aromatic rings. The predicted molar refractivity (Wildman–Crippen MR) is 104 cm³/mol. The molecule has 1 N–H and O–H groups in total. The summed E-state index contributed by atoms with van der Waals surface area (Å²) >= 11 is 0. The van der Waals surface area contributed by atoms with Crippen molar-refractivity contribution in [3.05, 3.63) is 77.9 Å². The van der Waals surface area contributed by atoms with E-state index in [1.165, 1.54) is 22.8 Å². The number of aromatic amines is 1. The molecule has 11 heteroatoms. The fourth-order valence-electron chi connectivity index (χ4n) is 3.90. The number of fused-ring (bicyclic) bond motifs is 2. The van der Waals surface area contributed by atoms with Gasteiger partial charge in [-0.25, -0.2) is 18.9 Å². The lowest BCUT2D eigenvalue weighted by molar-refractivity contribution is 0.499. The van der Waals surface area contributed by atoms with Crippen LogP contribution in [-0.4, -0.2) is 41.3 Å². The number of rotatable bonds is 3. The molecule has 5 aromatic heterocycles. The van der Waals surface area contributed by atoms with Gasteiger partial charge in [-0.2, -0.15) is 9.49 Å². The van der Waals surface area contributed by atoms with E-state index in [4.69, 9.17) is 4.42 Å². The Balaban J connectivity index is 1.46. The van der Waals surface area contributed by atoms with Crippen LogP contribution in [-0.2, 0) is 6.42 Å². The zero-order valence-electron chi connectivity index (χ0n) is 15.9. The topological polar surface area (TPSA) is 101 Å². The fraction of sp³-hybridized carbons (Fsp3) is 0.150. The number of anilines is 1. The fourth-order valence-corrected chi connectivity index (χ4v) is 3.90. The highest BCUT2D eigenvalue weighted by molar-refractivity contribution is 5.55. The molecular formula is C20H14F2N8O. The summed E-state index contributed by atoms with van der Waals surface area (Å²) in [7, 11) is 0. The summed E-state index contributed by atoms with van der Waals surface area (Å²) in [4.78, 5) is 13.1. The summed E-state index contributed by atoms with van der Waals surface area (Å²) in [5, 5.41) is 12.7. The third-order valence-corrected chi connectivity index (χ3v) is 5.32. The highest BCUT2D eigenvalue weighted by atomic mass is 19.1. The molecule has 0 radical (unpaired) electrons. The molecular weight excluding hydrogens is 406 g/mol. The number of nitrogens with one attached hydrogen (secondary N) is 1. The number of halogens is 2. The van der Waals surface area contributed by atoms with Crippen LogP contribution in [0, 0.1) is 11.8 Å². The molecule has 0 fully saturated rings. The molecule has 0 amide bonds. The molecule has 6 heterocycles. The van der Waals surface area contributed by atoms with E-state index in [2.05, 4.69) is 30.2 Å². The van der Waals surface area contributed by atoms with Crippen molar-refractivity contribution < 1.29 is 13.2 Å². The first-order valence-corrected chi connectivity index (χ1v) is 9.56. The van der Waals surface area contributed by atoms with Gasteiger partial charge in [-0.1, -0.05) is 5.10 Å². The van der Waals surface area contributed by atoms with Crippen molar-refractivity contribution in [1.29, 1.82) is 0 Å². The smallest absolute Gasteiger partial charge is 0.319 e. The van der Waals surface area contributed by atoms with E-state index in [9.17, 15) is 8.78 Å². The average molecular weight is 420 g/mol. The van der Waals surface area contributed by atoms with Gasteiger partial charge >= 0.3 is 6.01 Å². The lowest BCUT2D eigenvalue weighted by Gasteiger charge is -2.32. The standard InChI is InChI=1S/C20H14F2N8O/c21-12-4-2-7-30-15(12)9-14(28-30)17-16-13(24-10-25-16)5-8-29(17)20-27-26-19(31-20)11-3-1-6-23-18(11)22/h1-4,6-7,9-10,17H,5,8H2,(H,24,25)/t17-/m1/s1. The van der Waals surface area contributed by atoms with Crippen molar-refractivity contribution in [2.75, 3.05) is 11.4 Å². The van der Waals surface area contributed by atoms with Gasteiger partial charge in [0.05, 0.1) is 23.3 Å². The second kappa shape index (κ2) is 6.69. The first-order valence-electron chi connectivity index (χ1n) is 9.56. The maximum absolute atomic E-state index is 14.3. The second-order valence-corrected chi connectivity index (χ2v) is 7.10. The molecule has 0 aliphatic carbocycles. The summed E-state index contributed by atoms with van der Waals surface area (Å²) in [6, 6.07) is 7.46. The van der Waals surface area contributed by atoms with Crippen molar-refractivity contribution in [2.24, 2.45) is 0 Å². The summed E-state index contributed by atoms with van der Waals surface area (Å²) in [5.41, 5.74) is 2.73. The van der Waals surface area contributed by atoms with Gasteiger partial charge in [-0.15, -0.1) is 5.10 Å². The van der Waals surface area contributed by atoms with E-state index < -0.39 is 12.0 Å². The minimum Gasteiger partial charge on any atom is -0.403 e. The molecule has 9 nitrogen and oxygen atoms in total. The number of pyridine rings is 2. The molecule has 0 bridgehead atoms. The lowest BCUT2D eigenvalue weighted by Crippen LogP contribution is -2.36. The van der Waals surface area contributed by atoms with Crippen molar-refractivity contribution in [3.8, 4) is 11.5 Å². The van der Waals surface area contributed by atoms with E-state index in [-0.39, 0.29) is 23.3 Å². The molecule has 1 aliphatic rings. The number of hydrogen-bond acceptors (Lipinski definition) is 7. The molecule has 31 heavy (non-hydrogen) atoms. The Labute approximate surface area is 173 Å². The first-order chi connectivity index (χ1) is 15.2. The Morgan fingerprint density at radius 3 is 2.94 bits per heavy atom. The number of aromatic nitrogens is 7. The largest absolute Gasteiger partial charge is 0.403 e. The van der Waals surface area contributed by atoms with Crippen LogP contribution in [0.1, 0.15) is 23.1 Å². The van der Waals surface area contributed by atoms with E-state index in [1.54, 1.807) is 30.7 Å². The third kappa shape index (κ3) is 2.77. The first kappa shape index (κ1) is 17.7. The number of hydrogen-bond donors (Lipinski definition) is 1. The van der Waals surface area contributed by atoms with E-state index in [0.717, 1.165) is 11.4 Å². The number of nitrogens with zero attached hydrogens (tertiary/aromatic N) is 7. The van der Waals surface area contributed by atoms with Gasteiger partial charge in [0.15, 0.2) is 0 Å². The summed E-state index contributed by atoms with van der Waals surface area (Å²) in [5.74, 6) is -1.05. The SMILES string of the molecule is Fc1ncccc1-c1nnc(N2CCc3[nH]cnc3[C@H]2c2cc3c(F)cccn3n2)o1. The normalized spacial score (nSPS) is 16.1. The predicted octanol–water partition coefficient (Wildman–Crippen LogP) is 2.93. The van der Waals surface area contributed by atoms with Crippen LogP contribution < -0.4 is 4.90 Å². The van der Waals surface area contributed by atoms with Gasteiger partial charge in [0, 0.05) is 31.1 Å². The lowest BCUT2D eigenvalue weighted by atomic mass is 10.0. The maximum atomic E-state index is 14.3. The van der Waals surface area contributed by atoms with Crippen molar-refractivity contribution in [1.82, 2.24) is 34.8 Å². The Morgan fingerprint density at radius 2 is 2.06 bits per heavy atom. The number of imidazole rings is 1. The highest BCUT2D eigenvalue weighted by Crippen LogP contribution is 2.37. The van der Waals surface area contributed by atoms with Crippen LogP contribution in [0.15, 0.2) is 53.5 Å². The zero-order chi connectivity index (χ0) is 20.9. The van der Waals surface area contributed by atoms with E-state index >= 15 is 0 Å². The second-order valence-electron chi connectivity index (χ2n) is 7.10. The highest BCUT2D eigenvalue weighted by Gasteiger charge is 2.36. The Bertz CT molecular complexity index is 1410. The van der Waals surface area contributed by atoms with Gasteiger partial charge in [-0.3, -0.25) is 0 Å². The summed E-state index contributed by atoms with van der Waals surface area (Å²) in [6.07, 6.45) is 5.29. The summed E-state index contributed by atoms with van der Waals surface area (Å²) < 4.78 is 35.6. The molecule has 0 unspecified atom stereocenters. The minimum absolute atomic E-state index is 0.0215. The van der Waals surface area contributed by atoms with E-state index in [0.29, 0.717) is 24.2 Å². The zero-order valence-corrected chi connectivity index (χ0v) is 15.9. The third-order valence-electron chi connectivity index (χ3n) is 5.32. The van der Waals surface area contributed by atoms with Gasteiger partial charge < -0.3 is 14.3 Å². The Hall–Kier alpha value is -4.15. The van der Waals surface area contributed by atoms with Crippen LogP contribution in [0.25, 0.3) is 17.0 Å². The minimum atomic E-state index is -0.696. The monoisotopic (exact) mass is 420 g/mol. The van der Waals surface area contributed by atoms with Gasteiger partial charge in [0.2, 0.25) is 5.95 Å². The van der Waals surface area contributed by atoms with E-state index in [1.807, 2.05) is 4.90 Å². The molecule has 6 rings (SSSR count). The van der Waals surface area contributed by atoms with Crippen LogP contribution in [0.4, 0.5) is 14.8 Å². The summed E-state index contributed by atoms with van der Waals surface area (Å²) in [6.45, 7) is 0.521. The maximum Gasteiger partial charge on any atom is 0.319 e. The number of H-pyrrole nitrogens is 1. The van der Waals surface area contributed by atoms with Crippen molar-refractivity contribution in [2.45, 2.75) is 12.5 Å². The average Bonchev–Trinajstić information content (AvgIpc) is 3.52. The van der Waals surface area contributed by atoms with Crippen LogP contribution in [0.5, 0.6) is 0 Å². The van der Waals surface area contributed by atoms with Crippen molar-refractivity contribution in [3.63, 3.8) is 0 Å².